The average molecular weight is 272 g/mol. The number of amides is 1. The summed E-state index contributed by atoms with van der Waals surface area (Å²) in [7, 11) is 1.37. The number of esters is 1. The molecule has 0 spiro atoms. The number of rotatable bonds is 11. The molecule has 0 aliphatic rings. The van der Waals surface area contributed by atoms with Gasteiger partial charge in [0.25, 0.3) is 0 Å². The van der Waals surface area contributed by atoms with Crippen molar-refractivity contribution in [3.8, 4) is 0 Å². The van der Waals surface area contributed by atoms with Crippen molar-refractivity contribution in [1.82, 2.24) is 5.32 Å². The molecule has 0 aliphatic carbocycles. The first-order valence-corrected chi connectivity index (χ1v) is 7.17. The highest BCUT2D eigenvalue weighted by molar-refractivity contribution is 5.75. The molecule has 0 aromatic carbocycles. The first-order chi connectivity index (χ1) is 9.13. The van der Waals surface area contributed by atoms with Crippen LogP contribution in [-0.2, 0) is 14.3 Å². The second-order valence-electron chi connectivity index (χ2n) is 4.80. The lowest BCUT2D eigenvalue weighted by Gasteiger charge is -2.14. The summed E-state index contributed by atoms with van der Waals surface area (Å²) in [6.45, 7) is 3.37. The molecule has 5 nitrogen and oxygen atoms in total. The van der Waals surface area contributed by atoms with Gasteiger partial charge in [-0.2, -0.15) is 0 Å². The minimum absolute atomic E-state index is 0.0583. The second kappa shape index (κ2) is 12.0. The van der Waals surface area contributed by atoms with Crippen molar-refractivity contribution in [3.05, 3.63) is 0 Å². The molecule has 1 amide bonds. The Kier molecular flexibility index (Phi) is 11.3. The van der Waals surface area contributed by atoms with Crippen LogP contribution in [0.5, 0.6) is 0 Å². The summed E-state index contributed by atoms with van der Waals surface area (Å²) in [5, 5.41) is 2.82. The fourth-order valence-corrected chi connectivity index (χ4v) is 2.06. The van der Waals surface area contributed by atoms with Gasteiger partial charge in [-0.25, -0.2) is 0 Å². The summed E-state index contributed by atoms with van der Waals surface area (Å²) in [4.78, 5) is 22.5. The molecular weight excluding hydrogens is 244 g/mol. The number of ether oxygens (including phenoxy) is 1. The molecule has 3 N–H and O–H groups in total. The van der Waals surface area contributed by atoms with Crippen LogP contribution in [0.25, 0.3) is 0 Å². The largest absolute Gasteiger partial charge is 0.469 e. The van der Waals surface area contributed by atoms with E-state index in [0.717, 1.165) is 25.7 Å². The SMILES string of the molecule is CCCC(CCN)CCC(=O)NCCCC(=O)OC. The van der Waals surface area contributed by atoms with Gasteiger partial charge in [0.1, 0.15) is 0 Å². The Balaban J connectivity index is 3.64. The van der Waals surface area contributed by atoms with Gasteiger partial charge in [-0.1, -0.05) is 19.8 Å². The number of carbonyl (C=O) groups excluding carboxylic acids is 2. The highest BCUT2D eigenvalue weighted by Crippen LogP contribution is 2.16. The van der Waals surface area contributed by atoms with Gasteiger partial charge in [0, 0.05) is 19.4 Å². The fourth-order valence-electron chi connectivity index (χ4n) is 2.06. The Bertz CT molecular complexity index is 251. The van der Waals surface area contributed by atoms with Crippen molar-refractivity contribution in [1.29, 1.82) is 0 Å². The zero-order valence-electron chi connectivity index (χ0n) is 12.2. The maximum Gasteiger partial charge on any atom is 0.305 e. The number of nitrogens with two attached hydrogens (primary N) is 1. The Morgan fingerprint density at radius 3 is 2.53 bits per heavy atom. The van der Waals surface area contributed by atoms with Gasteiger partial charge in [0.05, 0.1) is 7.11 Å². The third kappa shape index (κ3) is 10.5. The van der Waals surface area contributed by atoms with E-state index in [9.17, 15) is 9.59 Å². The van der Waals surface area contributed by atoms with Crippen molar-refractivity contribution in [3.63, 3.8) is 0 Å². The van der Waals surface area contributed by atoms with Crippen LogP contribution in [0.15, 0.2) is 0 Å². The molecule has 0 saturated heterocycles. The van der Waals surface area contributed by atoms with Gasteiger partial charge >= 0.3 is 5.97 Å². The summed E-state index contributed by atoms with van der Waals surface area (Å²) in [6, 6.07) is 0. The quantitative estimate of drug-likeness (QED) is 0.442. The highest BCUT2D eigenvalue weighted by Gasteiger charge is 2.10. The van der Waals surface area contributed by atoms with Gasteiger partial charge in [0.15, 0.2) is 0 Å². The third-order valence-corrected chi connectivity index (χ3v) is 3.16. The Labute approximate surface area is 116 Å². The van der Waals surface area contributed by atoms with Crippen LogP contribution >= 0.6 is 0 Å². The summed E-state index contributed by atoms with van der Waals surface area (Å²) in [6.07, 6.45) is 5.67. The first-order valence-electron chi connectivity index (χ1n) is 7.17. The summed E-state index contributed by atoms with van der Waals surface area (Å²) in [5.41, 5.74) is 5.56. The van der Waals surface area contributed by atoms with Crippen LogP contribution in [0.4, 0.5) is 0 Å². The lowest BCUT2D eigenvalue weighted by atomic mass is 9.94. The number of carbonyl (C=O) groups is 2. The van der Waals surface area contributed by atoms with Crippen molar-refractivity contribution < 1.29 is 14.3 Å². The third-order valence-electron chi connectivity index (χ3n) is 3.16. The van der Waals surface area contributed by atoms with Crippen LogP contribution in [0, 0.1) is 5.92 Å². The maximum absolute atomic E-state index is 11.6. The zero-order valence-corrected chi connectivity index (χ0v) is 12.2. The Morgan fingerprint density at radius 1 is 1.21 bits per heavy atom. The second-order valence-corrected chi connectivity index (χ2v) is 4.80. The maximum atomic E-state index is 11.6. The molecule has 19 heavy (non-hydrogen) atoms. The predicted octanol–water partition coefficient (Wildman–Crippen LogP) is 1.60. The summed E-state index contributed by atoms with van der Waals surface area (Å²) >= 11 is 0. The minimum atomic E-state index is -0.236. The molecule has 0 radical (unpaired) electrons. The van der Waals surface area contributed by atoms with E-state index in [-0.39, 0.29) is 11.9 Å². The summed E-state index contributed by atoms with van der Waals surface area (Å²) < 4.78 is 4.53. The van der Waals surface area contributed by atoms with E-state index in [1.54, 1.807) is 0 Å². The molecule has 0 fully saturated rings. The van der Waals surface area contributed by atoms with Gasteiger partial charge < -0.3 is 15.8 Å². The van der Waals surface area contributed by atoms with E-state index in [2.05, 4.69) is 17.0 Å². The topological polar surface area (TPSA) is 81.4 Å². The number of methoxy groups -OCH3 is 1. The van der Waals surface area contributed by atoms with Crippen LogP contribution < -0.4 is 11.1 Å². The highest BCUT2D eigenvalue weighted by atomic mass is 16.5. The molecule has 0 rings (SSSR count). The molecule has 0 aliphatic heterocycles. The van der Waals surface area contributed by atoms with Gasteiger partial charge in [-0.15, -0.1) is 0 Å². The van der Waals surface area contributed by atoms with E-state index in [1.807, 2.05) is 0 Å². The van der Waals surface area contributed by atoms with Gasteiger partial charge in [-0.3, -0.25) is 9.59 Å². The molecule has 1 atom stereocenters. The van der Waals surface area contributed by atoms with Crippen molar-refractivity contribution in [2.24, 2.45) is 11.7 Å². The van der Waals surface area contributed by atoms with Crippen LogP contribution in [0.1, 0.15) is 51.9 Å². The smallest absolute Gasteiger partial charge is 0.305 e. The van der Waals surface area contributed by atoms with Crippen LogP contribution in [-0.4, -0.2) is 32.1 Å². The van der Waals surface area contributed by atoms with E-state index >= 15 is 0 Å². The van der Waals surface area contributed by atoms with Crippen LogP contribution in [0.2, 0.25) is 0 Å². The number of hydrogen-bond donors (Lipinski definition) is 2. The monoisotopic (exact) mass is 272 g/mol. The average Bonchev–Trinajstić information content (AvgIpc) is 2.41. The Morgan fingerprint density at radius 2 is 1.95 bits per heavy atom. The van der Waals surface area contributed by atoms with Gasteiger partial charge in [-0.05, 0) is 31.7 Å². The number of hydrogen-bond acceptors (Lipinski definition) is 4. The molecule has 112 valence electrons. The van der Waals surface area contributed by atoms with E-state index in [1.165, 1.54) is 7.11 Å². The molecule has 1 unspecified atom stereocenters. The molecule has 5 heteroatoms. The van der Waals surface area contributed by atoms with Crippen LogP contribution in [0.3, 0.4) is 0 Å². The molecule has 0 aromatic rings. The summed E-state index contributed by atoms with van der Waals surface area (Å²) in [5.74, 6) is 0.374. The fraction of sp³-hybridized carbons (Fsp3) is 0.857. The van der Waals surface area contributed by atoms with E-state index in [0.29, 0.717) is 38.3 Å². The lowest BCUT2D eigenvalue weighted by molar-refractivity contribution is -0.140. The molecule has 0 aromatic heterocycles. The van der Waals surface area contributed by atoms with E-state index < -0.39 is 0 Å². The molecular formula is C14H28N2O3. The first kappa shape index (κ1) is 17.9. The molecule has 0 heterocycles. The minimum Gasteiger partial charge on any atom is -0.469 e. The van der Waals surface area contributed by atoms with E-state index in [4.69, 9.17) is 5.73 Å². The Hall–Kier alpha value is -1.10. The van der Waals surface area contributed by atoms with Crippen molar-refractivity contribution >= 4 is 11.9 Å². The van der Waals surface area contributed by atoms with Crippen molar-refractivity contribution in [2.45, 2.75) is 51.9 Å². The predicted molar refractivity (Wildman–Crippen MR) is 75.6 cm³/mol. The van der Waals surface area contributed by atoms with Gasteiger partial charge in [0.2, 0.25) is 5.91 Å². The molecule has 0 saturated carbocycles. The van der Waals surface area contributed by atoms with Crippen molar-refractivity contribution in [2.75, 3.05) is 20.2 Å². The molecule has 0 bridgehead atoms. The number of nitrogens with one attached hydrogen (secondary N) is 1. The lowest BCUT2D eigenvalue weighted by Crippen LogP contribution is -2.25. The standard InChI is InChI=1S/C14H28N2O3/c1-3-5-12(9-10-15)7-8-13(17)16-11-4-6-14(18)19-2/h12H,3-11,15H2,1-2H3,(H,16,17). The normalized spacial score (nSPS) is 11.9. The zero-order chi connectivity index (χ0) is 14.5.